The molecule has 2 unspecified atom stereocenters. The van der Waals surface area contributed by atoms with Crippen LogP contribution in [0.5, 0.6) is 0 Å². The predicted molar refractivity (Wildman–Crippen MR) is 57.2 cm³/mol. The summed E-state index contributed by atoms with van der Waals surface area (Å²) in [6, 6.07) is 1.13. The van der Waals surface area contributed by atoms with Gasteiger partial charge in [-0.25, -0.2) is 0 Å². The highest BCUT2D eigenvalue weighted by Gasteiger charge is 2.21. The molecule has 0 spiro atoms. The Kier molecular flexibility index (Phi) is 4.35. The zero-order valence-electron chi connectivity index (χ0n) is 9.34. The SMILES string of the molecule is CNC(=O)CN(C)C1CCC(C)NC1. The molecular formula is C10H21N3O. The van der Waals surface area contributed by atoms with Crippen LogP contribution in [0, 0.1) is 0 Å². The second-order valence-corrected chi connectivity index (χ2v) is 4.13. The number of piperidine rings is 1. The van der Waals surface area contributed by atoms with Gasteiger partial charge in [0.15, 0.2) is 0 Å². The van der Waals surface area contributed by atoms with Crippen LogP contribution in [0.4, 0.5) is 0 Å². The average Bonchev–Trinajstić information content (AvgIpc) is 2.18. The first kappa shape index (κ1) is 11.5. The van der Waals surface area contributed by atoms with E-state index in [4.69, 9.17) is 0 Å². The van der Waals surface area contributed by atoms with E-state index < -0.39 is 0 Å². The van der Waals surface area contributed by atoms with E-state index in [0.29, 0.717) is 18.6 Å². The molecule has 1 fully saturated rings. The van der Waals surface area contributed by atoms with Gasteiger partial charge in [-0.05, 0) is 26.8 Å². The number of carbonyl (C=O) groups is 1. The smallest absolute Gasteiger partial charge is 0.233 e. The molecule has 1 amide bonds. The number of carbonyl (C=O) groups excluding carboxylic acids is 1. The van der Waals surface area contributed by atoms with Crippen LogP contribution >= 0.6 is 0 Å². The summed E-state index contributed by atoms with van der Waals surface area (Å²) in [7, 11) is 3.69. The summed E-state index contributed by atoms with van der Waals surface area (Å²) in [4.78, 5) is 13.3. The topological polar surface area (TPSA) is 44.4 Å². The first-order valence-electron chi connectivity index (χ1n) is 5.27. The van der Waals surface area contributed by atoms with E-state index in [9.17, 15) is 4.79 Å². The second kappa shape index (κ2) is 5.32. The number of hydrogen-bond acceptors (Lipinski definition) is 3. The molecule has 4 nitrogen and oxygen atoms in total. The zero-order valence-corrected chi connectivity index (χ0v) is 9.34. The third kappa shape index (κ3) is 3.27. The molecule has 0 radical (unpaired) electrons. The number of nitrogens with zero attached hydrogens (tertiary/aromatic N) is 1. The molecule has 0 aliphatic carbocycles. The molecule has 0 saturated carbocycles. The minimum absolute atomic E-state index is 0.0890. The maximum Gasteiger partial charge on any atom is 0.233 e. The summed E-state index contributed by atoms with van der Waals surface area (Å²) < 4.78 is 0. The summed E-state index contributed by atoms with van der Waals surface area (Å²) in [5, 5.41) is 6.07. The van der Waals surface area contributed by atoms with E-state index in [-0.39, 0.29) is 5.91 Å². The lowest BCUT2D eigenvalue weighted by atomic mass is 10.0. The van der Waals surface area contributed by atoms with Gasteiger partial charge >= 0.3 is 0 Å². The first-order valence-corrected chi connectivity index (χ1v) is 5.27. The fraction of sp³-hybridized carbons (Fsp3) is 0.900. The van der Waals surface area contributed by atoms with E-state index in [1.807, 2.05) is 7.05 Å². The average molecular weight is 199 g/mol. The Labute approximate surface area is 86.0 Å². The molecule has 2 atom stereocenters. The van der Waals surface area contributed by atoms with Crippen molar-refractivity contribution in [1.29, 1.82) is 0 Å². The van der Waals surface area contributed by atoms with Crippen LogP contribution in [0.25, 0.3) is 0 Å². The van der Waals surface area contributed by atoms with Gasteiger partial charge in [-0.3, -0.25) is 9.69 Å². The third-order valence-electron chi connectivity index (χ3n) is 2.93. The number of hydrogen-bond donors (Lipinski definition) is 2. The van der Waals surface area contributed by atoms with E-state index in [1.165, 1.54) is 12.8 Å². The fourth-order valence-electron chi connectivity index (χ4n) is 1.79. The lowest BCUT2D eigenvalue weighted by molar-refractivity contribution is -0.122. The Morgan fingerprint density at radius 3 is 2.79 bits per heavy atom. The molecular weight excluding hydrogens is 178 g/mol. The fourth-order valence-corrected chi connectivity index (χ4v) is 1.79. The van der Waals surface area contributed by atoms with Crippen molar-refractivity contribution in [2.75, 3.05) is 27.2 Å². The molecule has 0 aromatic rings. The van der Waals surface area contributed by atoms with Crippen LogP contribution in [-0.4, -0.2) is 50.1 Å². The van der Waals surface area contributed by atoms with Crippen LogP contribution in [0.15, 0.2) is 0 Å². The molecule has 1 saturated heterocycles. The monoisotopic (exact) mass is 199 g/mol. The van der Waals surface area contributed by atoms with Crippen LogP contribution in [0.3, 0.4) is 0 Å². The van der Waals surface area contributed by atoms with Gasteiger partial charge < -0.3 is 10.6 Å². The lowest BCUT2D eigenvalue weighted by Gasteiger charge is -2.33. The minimum Gasteiger partial charge on any atom is -0.358 e. The van der Waals surface area contributed by atoms with Gasteiger partial charge in [0.1, 0.15) is 0 Å². The molecule has 4 heteroatoms. The molecule has 82 valence electrons. The van der Waals surface area contributed by atoms with E-state index in [2.05, 4.69) is 22.5 Å². The second-order valence-electron chi connectivity index (χ2n) is 4.13. The molecule has 0 aromatic heterocycles. The van der Waals surface area contributed by atoms with Crippen LogP contribution in [0.2, 0.25) is 0 Å². The van der Waals surface area contributed by atoms with Gasteiger partial charge in [0.05, 0.1) is 6.54 Å². The Balaban J connectivity index is 2.30. The zero-order chi connectivity index (χ0) is 10.6. The normalized spacial score (nSPS) is 27.7. The molecule has 0 aromatic carbocycles. The maximum absolute atomic E-state index is 11.2. The molecule has 1 aliphatic heterocycles. The van der Waals surface area contributed by atoms with Crippen molar-refractivity contribution in [2.24, 2.45) is 0 Å². The van der Waals surface area contributed by atoms with Crippen LogP contribution in [-0.2, 0) is 4.79 Å². The summed E-state index contributed by atoms with van der Waals surface area (Å²) >= 11 is 0. The summed E-state index contributed by atoms with van der Waals surface area (Å²) in [6.45, 7) is 3.70. The van der Waals surface area contributed by atoms with Crippen molar-refractivity contribution in [3.05, 3.63) is 0 Å². The van der Waals surface area contributed by atoms with E-state index in [0.717, 1.165) is 6.54 Å². The van der Waals surface area contributed by atoms with Crippen molar-refractivity contribution in [3.8, 4) is 0 Å². The van der Waals surface area contributed by atoms with Gasteiger partial charge in [-0.1, -0.05) is 0 Å². The van der Waals surface area contributed by atoms with Gasteiger partial charge in [-0.2, -0.15) is 0 Å². The summed E-state index contributed by atoms with van der Waals surface area (Å²) in [5.74, 6) is 0.0890. The Morgan fingerprint density at radius 1 is 1.57 bits per heavy atom. The maximum atomic E-state index is 11.2. The van der Waals surface area contributed by atoms with E-state index in [1.54, 1.807) is 7.05 Å². The molecule has 14 heavy (non-hydrogen) atoms. The molecule has 1 rings (SSSR count). The standard InChI is InChI=1S/C10H21N3O/c1-8-4-5-9(6-12-8)13(3)7-10(14)11-2/h8-9,12H,4-7H2,1-3H3,(H,11,14). The highest BCUT2D eigenvalue weighted by molar-refractivity contribution is 5.77. The molecule has 2 N–H and O–H groups in total. The third-order valence-corrected chi connectivity index (χ3v) is 2.93. The van der Waals surface area contributed by atoms with Crippen molar-refractivity contribution < 1.29 is 4.79 Å². The molecule has 1 aliphatic rings. The van der Waals surface area contributed by atoms with Gasteiger partial charge in [0.25, 0.3) is 0 Å². The van der Waals surface area contributed by atoms with Gasteiger partial charge in [-0.15, -0.1) is 0 Å². The van der Waals surface area contributed by atoms with Crippen LogP contribution < -0.4 is 10.6 Å². The summed E-state index contributed by atoms with van der Waals surface area (Å²) in [6.07, 6.45) is 2.38. The van der Waals surface area contributed by atoms with Crippen molar-refractivity contribution in [3.63, 3.8) is 0 Å². The highest BCUT2D eigenvalue weighted by Crippen LogP contribution is 2.11. The first-order chi connectivity index (χ1) is 6.63. The molecule has 0 bridgehead atoms. The Hall–Kier alpha value is -0.610. The summed E-state index contributed by atoms with van der Waals surface area (Å²) in [5.41, 5.74) is 0. The van der Waals surface area contributed by atoms with Crippen molar-refractivity contribution >= 4 is 5.91 Å². The minimum atomic E-state index is 0.0890. The van der Waals surface area contributed by atoms with Crippen LogP contribution in [0.1, 0.15) is 19.8 Å². The Morgan fingerprint density at radius 2 is 2.29 bits per heavy atom. The van der Waals surface area contributed by atoms with E-state index >= 15 is 0 Å². The number of nitrogens with one attached hydrogen (secondary N) is 2. The number of amides is 1. The number of likely N-dealkylation sites (N-methyl/N-ethyl adjacent to an activating group) is 2. The van der Waals surface area contributed by atoms with Gasteiger partial charge in [0.2, 0.25) is 5.91 Å². The highest BCUT2D eigenvalue weighted by atomic mass is 16.1. The Bertz CT molecular complexity index is 188. The van der Waals surface area contributed by atoms with Gasteiger partial charge in [0, 0.05) is 25.7 Å². The van der Waals surface area contributed by atoms with Crippen molar-refractivity contribution in [1.82, 2.24) is 15.5 Å². The lowest BCUT2D eigenvalue weighted by Crippen LogP contribution is -2.49. The predicted octanol–water partition coefficient (Wildman–Crippen LogP) is -0.195. The molecule has 1 heterocycles. The van der Waals surface area contributed by atoms with Crippen molar-refractivity contribution in [2.45, 2.75) is 31.8 Å². The quantitative estimate of drug-likeness (QED) is 0.662. The largest absolute Gasteiger partial charge is 0.358 e. The number of rotatable bonds is 3.